The van der Waals surface area contributed by atoms with Gasteiger partial charge in [0.15, 0.2) is 6.29 Å². The van der Waals surface area contributed by atoms with E-state index in [9.17, 15) is 0 Å². The molecule has 6 rings (SSSR count). The van der Waals surface area contributed by atoms with Crippen LogP contribution in [0.2, 0.25) is 0 Å². The van der Waals surface area contributed by atoms with E-state index in [1.807, 2.05) is 0 Å². The zero-order valence-electron chi connectivity index (χ0n) is 36.2. The second-order valence-electron chi connectivity index (χ2n) is 22.3. The lowest BCUT2D eigenvalue weighted by Gasteiger charge is -2.69. The Kier molecular flexibility index (Phi) is 13.5. The predicted octanol–water partition coefficient (Wildman–Crippen LogP) is 13.8. The molecule has 0 aromatic heterocycles. The van der Waals surface area contributed by atoms with Gasteiger partial charge in [-0.05, 0) is 176 Å². The summed E-state index contributed by atoms with van der Waals surface area (Å²) in [6, 6.07) is 0. The summed E-state index contributed by atoms with van der Waals surface area (Å²) in [6.07, 6.45) is 20.3. The maximum absolute atomic E-state index is 7.13. The highest BCUT2D eigenvalue weighted by molar-refractivity contribution is 5.14. The summed E-state index contributed by atoms with van der Waals surface area (Å²) >= 11 is 0. The van der Waals surface area contributed by atoms with Crippen molar-refractivity contribution in [3.63, 3.8) is 0 Å². The SMILES string of the molecule is CC1CCC(C(C)C)C(C2CCC(C3CC(C)CCC3C(C)C)C(C3CC(C)CCC3C(C)C)(C3CC(C)CCC3C(C)C)C2C2OCCO2)C1. The first-order chi connectivity index (χ1) is 24.2. The number of hydrogen-bond acceptors (Lipinski definition) is 2. The molecule has 0 spiro atoms. The normalized spacial score (nSPS) is 47.9. The molecule has 5 aliphatic carbocycles. The van der Waals surface area contributed by atoms with Crippen molar-refractivity contribution in [3.8, 4) is 0 Å². The van der Waals surface area contributed by atoms with E-state index in [-0.39, 0.29) is 11.7 Å². The molecule has 51 heavy (non-hydrogen) atoms. The van der Waals surface area contributed by atoms with Crippen molar-refractivity contribution in [2.45, 2.75) is 179 Å². The summed E-state index contributed by atoms with van der Waals surface area (Å²) in [5.74, 6) is 15.0. The lowest BCUT2D eigenvalue weighted by molar-refractivity contribution is -0.265. The summed E-state index contributed by atoms with van der Waals surface area (Å²) < 4.78 is 14.3. The fourth-order valence-corrected chi connectivity index (χ4v) is 15.9. The van der Waals surface area contributed by atoms with Crippen molar-refractivity contribution < 1.29 is 9.47 Å². The van der Waals surface area contributed by atoms with Crippen molar-refractivity contribution in [1.82, 2.24) is 0 Å². The second-order valence-corrected chi connectivity index (χ2v) is 22.3. The third-order valence-corrected chi connectivity index (χ3v) is 18.0. The summed E-state index contributed by atoms with van der Waals surface area (Å²) in [5, 5.41) is 0. The molecule has 0 N–H and O–H groups in total. The number of hydrogen-bond donors (Lipinski definition) is 0. The molecule has 15 unspecified atom stereocenters. The summed E-state index contributed by atoms with van der Waals surface area (Å²) in [7, 11) is 0. The third kappa shape index (κ3) is 7.97. The highest BCUT2D eigenvalue weighted by Crippen LogP contribution is 2.72. The van der Waals surface area contributed by atoms with Gasteiger partial charge in [0, 0.05) is 5.92 Å². The van der Waals surface area contributed by atoms with Gasteiger partial charge in [0.25, 0.3) is 0 Å². The first-order valence-electron chi connectivity index (χ1n) is 23.5. The van der Waals surface area contributed by atoms with Gasteiger partial charge in [-0.1, -0.05) is 109 Å². The van der Waals surface area contributed by atoms with Gasteiger partial charge in [-0.15, -0.1) is 0 Å². The largest absolute Gasteiger partial charge is 0.350 e. The van der Waals surface area contributed by atoms with Gasteiger partial charge in [0.1, 0.15) is 0 Å². The van der Waals surface area contributed by atoms with E-state index in [1.54, 1.807) is 0 Å². The smallest absolute Gasteiger partial charge is 0.161 e. The molecule has 6 fully saturated rings. The van der Waals surface area contributed by atoms with Gasteiger partial charge >= 0.3 is 0 Å². The van der Waals surface area contributed by atoms with Crippen molar-refractivity contribution >= 4 is 0 Å². The molecule has 0 aromatic rings. The van der Waals surface area contributed by atoms with Crippen LogP contribution in [0, 0.1) is 118 Å². The number of rotatable bonds is 9. The summed E-state index contributed by atoms with van der Waals surface area (Å²) in [4.78, 5) is 0. The average molecular weight is 709 g/mol. The van der Waals surface area contributed by atoms with Crippen LogP contribution in [-0.4, -0.2) is 19.5 Å². The zero-order valence-corrected chi connectivity index (χ0v) is 36.2. The minimum Gasteiger partial charge on any atom is -0.350 e. The highest BCUT2D eigenvalue weighted by atomic mass is 16.7. The van der Waals surface area contributed by atoms with E-state index in [0.717, 1.165) is 120 Å². The Bertz CT molecular complexity index is 1040. The lowest BCUT2D eigenvalue weighted by Crippen LogP contribution is -2.66. The molecule has 15 atom stereocenters. The van der Waals surface area contributed by atoms with Gasteiger partial charge in [0.2, 0.25) is 0 Å². The van der Waals surface area contributed by atoms with Crippen LogP contribution in [0.15, 0.2) is 0 Å². The Morgan fingerprint density at radius 3 is 1.24 bits per heavy atom. The van der Waals surface area contributed by atoms with Crippen molar-refractivity contribution in [3.05, 3.63) is 0 Å². The molecule has 1 aliphatic heterocycles. The van der Waals surface area contributed by atoms with E-state index in [2.05, 4.69) is 83.1 Å². The molecule has 0 radical (unpaired) electrons. The van der Waals surface area contributed by atoms with Crippen LogP contribution in [-0.2, 0) is 9.47 Å². The Hall–Kier alpha value is -0.0800. The molecule has 2 heteroatoms. The van der Waals surface area contributed by atoms with E-state index in [4.69, 9.17) is 9.47 Å². The predicted molar refractivity (Wildman–Crippen MR) is 217 cm³/mol. The van der Waals surface area contributed by atoms with Gasteiger partial charge in [-0.2, -0.15) is 0 Å². The summed E-state index contributed by atoms with van der Waals surface area (Å²) in [6.45, 7) is 33.1. The first-order valence-corrected chi connectivity index (χ1v) is 23.5. The fraction of sp³-hybridized carbons (Fsp3) is 1.00. The fourth-order valence-electron chi connectivity index (χ4n) is 15.9. The van der Waals surface area contributed by atoms with Crippen LogP contribution in [0.3, 0.4) is 0 Å². The maximum atomic E-state index is 7.13. The van der Waals surface area contributed by atoms with Gasteiger partial charge in [0.05, 0.1) is 13.2 Å². The molecule has 5 saturated carbocycles. The molecular weight excluding hydrogens is 621 g/mol. The van der Waals surface area contributed by atoms with Crippen molar-refractivity contribution in [1.29, 1.82) is 0 Å². The van der Waals surface area contributed by atoms with Gasteiger partial charge in [-0.3, -0.25) is 0 Å². The van der Waals surface area contributed by atoms with Gasteiger partial charge < -0.3 is 9.47 Å². The zero-order chi connectivity index (χ0) is 36.8. The Morgan fingerprint density at radius 2 is 0.784 bits per heavy atom. The quantitative estimate of drug-likeness (QED) is 0.237. The molecule has 2 nitrogen and oxygen atoms in total. The van der Waals surface area contributed by atoms with Crippen LogP contribution in [0.1, 0.15) is 173 Å². The van der Waals surface area contributed by atoms with E-state index in [0.29, 0.717) is 5.92 Å². The highest BCUT2D eigenvalue weighted by Gasteiger charge is 2.68. The Morgan fingerprint density at radius 1 is 0.392 bits per heavy atom. The molecule has 6 aliphatic rings. The van der Waals surface area contributed by atoms with Crippen LogP contribution in [0.4, 0.5) is 0 Å². The van der Waals surface area contributed by atoms with Crippen LogP contribution in [0.5, 0.6) is 0 Å². The molecule has 0 bridgehead atoms. The Labute approximate surface area is 318 Å². The maximum Gasteiger partial charge on any atom is 0.161 e. The molecule has 296 valence electrons. The Balaban J connectivity index is 1.66. The standard InChI is InChI=1S/C49H88O2/c1-29(2)37-17-13-33(9)25-42(37)41-21-22-44(43-26-34(10)14-18-38(43)30(3)4)49(47(41)48-50-23-24-51-48,45-27-35(11)15-19-39(45)31(5)6)46-28-36(12)16-20-40(46)32(7)8/h29-48H,13-28H2,1-12H3. The first kappa shape index (κ1) is 40.6. The van der Waals surface area contributed by atoms with Crippen molar-refractivity contribution in [2.24, 2.45) is 118 Å². The monoisotopic (exact) mass is 709 g/mol. The van der Waals surface area contributed by atoms with E-state index in [1.165, 1.54) is 89.9 Å². The third-order valence-electron chi connectivity index (χ3n) is 18.0. The van der Waals surface area contributed by atoms with Crippen LogP contribution < -0.4 is 0 Å². The van der Waals surface area contributed by atoms with E-state index >= 15 is 0 Å². The molecule has 0 amide bonds. The van der Waals surface area contributed by atoms with E-state index < -0.39 is 0 Å². The van der Waals surface area contributed by atoms with Crippen LogP contribution in [0.25, 0.3) is 0 Å². The molecule has 1 saturated heterocycles. The van der Waals surface area contributed by atoms with Crippen LogP contribution >= 0.6 is 0 Å². The summed E-state index contributed by atoms with van der Waals surface area (Å²) in [5.41, 5.74) is 0.280. The number of ether oxygens (including phenoxy) is 2. The van der Waals surface area contributed by atoms with Crippen molar-refractivity contribution in [2.75, 3.05) is 13.2 Å². The minimum absolute atomic E-state index is 0.00329. The van der Waals surface area contributed by atoms with Gasteiger partial charge in [-0.25, -0.2) is 0 Å². The molecule has 1 heterocycles. The minimum atomic E-state index is -0.00329. The average Bonchev–Trinajstić information content (AvgIpc) is 3.61. The second kappa shape index (κ2) is 17.0. The topological polar surface area (TPSA) is 18.5 Å². The molecular formula is C49H88O2. The lowest BCUT2D eigenvalue weighted by atomic mass is 9.35. The molecule has 0 aromatic carbocycles.